The molecule has 39 heavy (non-hydrogen) atoms. The summed E-state index contributed by atoms with van der Waals surface area (Å²) >= 11 is 0. The molecule has 6 rings (SSSR count). The van der Waals surface area contributed by atoms with Crippen molar-refractivity contribution in [2.24, 2.45) is 0 Å². The molecule has 2 N–H and O–H groups in total. The Bertz CT molecular complexity index is 2030. The smallest absolute Gasteiger partial charge is 0.259 e. The Morgan fingerprint density at radius 2 is 1.38 bits per heavy atom. The zero-order valence-electron chi connectivity index (χ0n) is 21.3. The van der Waals surface area contributed by atoms with Gasteiger partial charge in [0, 0.05) is 21.9 Å². The number of hydrogen-bond acceptors (Lipinski definition) is 4. The number of benzene rings is 4. The summed E-state index contributed by atoms with van der Waals surface area (Å²) in [4.78, 5) is 41.6. The monoisotopic (exact) mass is 511 g/mol. The quantitative estimate of drug-likeness (QED) is 0.137. The van der Waals surface area contributed by atoms with Gasteiger partial charge in [0.2, 0.25) is 5.78 Å². The van der Waals surface area contributed by atoms with Crippen molar-refractivity contribution in [1.29, 1.82) is 0 Å². The van der Waals surface area contributed by atoms with Gasteiger partial charge in [0.15, 0.2) is 0 Å². The predicted octanol–water partition coefficient (Wildman–Crippen LogP) is 5.86. The summed E-state index contributed by atoms with van der Waals surface area (Å²) in [6.45, 7) is 3.87. The summed E-state index contributed by atoms with van der Waals surface area (Å²) in [6.07, 6.45) is 7.53. The lowest BCUT2D eigenvalue weighted by molar-refractivity contribution is -0.266. The van der Waals surface area contributed by atoms with Gasteiger partial charge in [-0.1, -0.05) is 78.6 Å². The molecule has 0 aliphatic carbocycles. The van der Waals surface area contributed by atoms with E-state index in [2.05, 4.69) is 10.3 Å². The molecule has 6 heteroatoms. The average Bonchev–Trinajstić information content (AvgIpc) is 2.93. The summed E-state index contributed by atoms with van der Waals surface area (Å²) in [6, 6.07) is 18.9. The number of carbonyl (C=O) groups is 2. The van der Waals surface area contributed by atoms with E-state index in [4.69, 9.17) is 0 Å². The number of carbonyl (C=O) groups excluding carboxylic acids is 2. The minimum atomic E-state index is -0.481. The van der Waals surface area contributed by atoms with E-state index in [0.717, 1.165) is 32.7 Å². The van der Waals surface area contributed by atoms with Gasteiger partial charge in [0.25, 0.3) is 11.5 Å². The number of H-pyrrole nitrogens is 1. The van der Waals surface area contributed by atoms with E-state index in [9.17, 15) is 19.5 Å². The Labute approximate surface area is 223 Å². The number of rotatable bonds is 3. The number of aromatic nitrogens is 1. The van der Waals surface area contributed by atoms with Crippen LogP contribution in [0, 0.1) is 13.8 Å². The Morgan fingerprint density at radius 1 is 0.744 bits per heavy atom. The second-order valence-electron chi connectivity index (χ2n) is 9.63. The molecule has 2 heterocycles. The fraction of sp³-hybridized carbons (Fsp3) is 0.0606. The SMILES string of the molecule is Cc1cc2c(c3ccccc13)NC(=O)/C(=C\C=CC=Cc1c([O-])c3cc(C)c4ccccc4c3[nH]c1=O)C2=O. The zero-order valence-corrected chi connectivity index (χ0v) is 21.3. The number of Topliss-reactive ketones (excluding diaryl/α,β-unsaturated/α-hetero) is 1. The van der Waals surface area contributed by atoms with Crippen LogP contribution >= 0.6 is 0 Å². The molecule has 0 saturated heterocycles. The van der Waals surface area contributed by atoms with Crippen LogP contribution < -0.4 is 16.0 Å². The number of nitrogens with one attached hydrogen (secondary N) is 2. The Hall–Kier alpha value is -5.23. The molecule has 0 spiro atoms. The highest BCUT2D eigenvalue weighted by atomic mass is 16.3. The molecule has 6 nitrogen and oxygen atoms in total. The highest BCUT2D eigenvalue weighted by Gasteiger charge is 2.29. The first-order valence-corrected chi connectivity index (χ1v) is 12.5. The molecule has 4 aromatic carbocycles. The summed E-state index contributed by atoms with van der Waals surface area (Å²) in [5.74, 6) is -1.19. The van der Waals surface area contributed by atoms with Crippen LogP contribution in [-0.4, -0.2) is 16.7 Å². The minimum Gasteiger partial charge on any atom is -0.871 e. The van der Waals surface area contributed by atoms with Gasteiger partial charge in [-0.15, -0.1) is 0 Å². The third kappa shape index (κ3) is 3.94. The van der Waals surface area contributed by atoms with Crippen molar-refractivity contribution in [3.63, 3.8) is 0 Å². The minimum absolute atomic E-state index is 0.0113. The van der Waals surface area contributed by atoms with Crippen LogP contribution in [0.2, 0.25) is 0 Å². The van der Waals surface area contributed by atoms with Crippen molar-refractivity contribution < 1.29 is 14.7 Å². The van der Waals surface area contributed by atoms with Gasteiger partial charge in [0.05, 0.1) is 16.8 Å². The fourth-order valence-electron chi connectivity index (χ4n) is 5.27. The van der Waals surface area contributed by atoms with Crippen molar-refractivity contribution in [1.82, 2.24) is 4.98 Å². The molecular weight excluding hydrogens is 488 g/mol. The zero-order chi connectivity index (χ0) is 27.3. The van der Waals surface area contributed by atoms with Crippen molar-refractivity contribution >= 4 is 55.9 Å². The van der Waals surface area contributed by atoms with Crippen molar-refractivity contribution in [3.05, 3.63) is 123 Å². The number of allylic oxidation sites excluding steroid dienone is 4. The molecule has 1 aromatic heterocycles. The molecule has 0 unspecified atom stereocenters. The molecule has 190 valence electrons. The lowest BCUT2D eigenvalue weighted by Crippen LogP contribution is -2.27. The van der Waals surface area contributed by atoms with Gasteiger partial charge < -0.3 is 15.4 Å². The van der Waals surface area contributed by atoms with Gasteiger partial charge >= 0.3 is 0 Å². The molecular formula is C33H23N2O4-. The second kappa shape index (κ2) is 9.26. The fourth-order valence-corrected chi connectivity index (χ4v) is 5.27. The highest BCUT2D eigenvalue weighted by Crippen LogP contribution is 2.35. The maximum atomic E-state index is 13.2. The van der Waals surface area contributed by atoms with Crippen molar-refractivity contribution in [2.45, 2.75) is 13.8 Å². The number of pyridine rings is 1. The topological polar surface area (TPSA) is 102 Å². The molecule has 0 saturated carbocycles. The van der Waals surface area contributed by atoms with Crippen LogP contribution in [0.4, 0.5) is 5.69 Å². The van der Waals surface area contributed by atoms with Crippen molar-refractivity contribution in [3.8, 4) is 5.75 Å². The molecule has 0 atom stereocenters. The maximum absolute atomic E-state index is 13.2. The number of ketones is 1. The molecule has 0 bridgehead atoms. The third-order valence-electron chi connectivity index (χ3n) is 7.20. The van der Waals surface area contributed by atoms with Crippen LogP contribution in [-0.2, 0) is 4.79 Å². The molecule has 0 fully saturated rings. The number of aryl methyl sites for hydroxylation is 2. The Balaban J connectivity index is 1.31. The molecule has 1 aliphatic rings. The number of aromatic amines is 1. The number of amides is 1. The van der Waals surface area contributed by atoms with Crippen LogP contribution in [0.5, 0.6) is 5.75 Å². The highest BCUT2D eigenvalue weighted by molar-refractivity contribution is 6.36. The second-order valence-corrected chi connectivity index (χ2v) is 9.63. The van der Waals surface area contributed by atoms with Gasteiger partial charge in [-0.25, -0.2) is 0 Å². The van der Waals surface area contributed by atoms with Gasteiger partial charge in [-0.2, -0.15) is 0 Å². The molecule has 0 radical (unpaired) electrons. The van der Waals surface area contributed by atoms with E-state index in [1.807, 2.05) is 62.4 Å². The van der Waals surface area contributed by atoms with E-state index in [1.54, 1.807) is 30.4 Å². The first-order valence-electron chi connectivity index (χ1n) is 12.5. The van der Waals surface area contributed by atoms with E-state index in [0.29, 0.717) is 22.2 Å². The first-order chi connectivity index (χ1) is 18.8. The normalized spacial score (nSPS) is 14.8. The van der Waals surface area contributed by atoms with E-state index in [1.165, 1.54) is 12.2 Å². The van der Waals surface area contributed by atoms with E-state index in [-0.39, 0.29) is 22.7 Å². The largest absolute Gasteiger partial charge is 0.871 e. The number of hydrogen-bond donors (Lipinski definition) is 2. The summed E-state index contributed by atoms with van der Waals surface area (Å²) < 4.78 is 0. The summed E-state index contributed by atoms with van der Waals surface area (Å²) in [5, 5.41) is 20.1. The van der Waals surface area contributed by atoms with Gasteiger partial charge in [-0.05, 0) is 59.3 Å². The predicted molar refractivity (Wildman–Crippen MR) is 154 cm³/mol. The number of fused-ring (bicyclic) bond motifs is 6. The van der Waals surface area contributed by atoms with E-state index >= 15 is 0 Å². The van der Waals surface area contributed by atoms with Gasteiger partial charge in [0.1, 0.15) is 0 Å². The Kier molecular flexibility index (Phi) is 5.73. The summed E-state index contributed by atoms with van der Waals surface area (Å²) in [5.41, 5.74) is 2.93. The van der Waals surface area contributed by atoms with Crippen LogP contribution in [0.25, 0.3) is 38.5 Å². The molecule has 1 amide bonds. The van der Waals surface area contributed by atoms with Gasteiger partial charge in [-0.3, -0.25) is 14.4 Å². The molecule has 5 aromatic rings. The van der Waals surface area contributed by atoms with Crippen molar-refractivity contribution in [2.75, 3.05) is 5.32 Å². The van der Waals surface area contributed by atoms with Crippen LogP contribution in [0.15, 0.2) is 95.3 Å². The molecule has 1 aliphatic heterocycles. The van der Waals surface area contributed by atoms with Crippen LogP contribution in [0.1, 0.15) is 27.0 Å². The first kappa shape index (κ1) is 24.1. The Morgan fingerprint density at radius 3 is 2.13 bits per heavy atom. The number of anilines is 1. The lowest BCUT2D eigenvalue weighted by atomic mass is 9.91. The standard InChI is InChI=1S/C33H24N2O4/c1-18-16-26-28(22-12-8-6-10-20(18)22)34-32(38)24(30(26)36)14-4-3-5-15-25-31(37)27-17-19(2)21-11-7-9-13-23(21)29(27)35-33(25)39/h3-17H,1-2H3,(H,34,38)(H2,35,37,39)/p-1/b4-3?,15-5?,24-14-. The van der Waals surface area contributed by atoms with Crippen LogP contribution in [0.3, 0.4) is 0 Å². The van der Waals surface area contributed by atoms with E-state index < -0.39 is 11.5 Å². The summed E-state index contributed by atoms with van der Waals surface area (Å²) in [7, 11) is 0. The average molecular weight is 512 g/mol. The maximum Gasteiger partial charge on any atom is 0.259 e. The third-order valence-corrected chi connectivity index (χ3v) is 7.20. The lowest BCUT2D eigenvalue weighted by Gasteiger charge is -2.21.